The molecule has 0 radical (unpaired) electrons. The van der Waals surface area contributed by atoms with Gasteiger partial charge in [0.2, 0.25) is 0 Å². The Balaban J connectivity index is 1.80. The Kier molecular flexibility index (Phi) is 5.94. The average molecular weight is 286 g/mol. The van der Waals surface area contributed by atoms with E-state index in [1.807, 2.05) is 30.3 Å². The van der Waals surface area contributed by atoms with Gasteiger partial charge in [0.15, 0.2) is 12.6 Å². The first-order valence-electron chi connectivity index (χ1n) is 6.66. The number of carbonyl (C=O) groups is 1. The third-order valence-electron chi connectivity index (χ3n) is 2.86. The first kappa shape index (κ1) is 15.2. The molecule has 0 aliphatic carbocycles. The van der Waals surface area contributed by atoms with Gasteiger partial charge >= 0.3 is 0 Å². The molecule has 0 atom stereocenters. The molecule has 4 nitrogen and oxygen atoms in total. The van der Waals surface area contributed by atoms with Crippen molar-refractivity contribution in [2.24, 2.45) is 0 Å². The van der Waals surface area contributed by atoms with Gasteiger partial charge in [0.25, 0.3) is 0 Å². The van der Waals surface area contributed by atoms with E-state index in [1.54, 1.807) is 31.4 Å². The van der Waals surface area contributed by atoms with Gasteiger partial charge < -0.3 is 14.2 Å². The number of ketones is 1. The highest BCUT2D eigenvalue weighted by molar-refractivity contribution is 5.97. The molecule has 0 fully saturated rings. The Morgan fingerprint density at radius 3 is 2.38 bits per heavy atom. The molecule has 0 bridgehead atoms. The molecule has 4 heteroatoms. The van der Waals surface area contributed by atoms with E-state index in [1.165, 1.54) is 0 Å². The molecule has 21 heavy (non-hydrogen) atoms. The molecule has 0 aliphatic heterocycles. The zero-order valence-corrected chi connectivity index (χ0v) is 12.0. The number of benzene rings is 2. The van der Waals surface area contributed by atoms with Crippen molar-refractivity contribution in [1.82, 2.24) is 0 Å². The van der Waals surface area contributed by atoms with Gasteiger partial charge in [-0.3, -0.25) is 4.79 Å². The average Bonchev–Trinajstić information content (AvgIpc) is 2.54. The first-order chi connectivity index (χ1) is 10.3. The summed E-state index contributed by atoms with van der Waals surface area (Å²) in [6, 6.07) is 16.7. The minimum absolute atomic E-state index is 0.0516. The minimum Gasteiger partial charge on any atom is -0.468 e. The molecule has 0 aliphatic rings. The van der Waals surface area contributed by atoms with Crippen molar-refractivity contribution < 1.29 is 19.0 Å². The Bertz CT molecular complexity index is 549. The third-order valence-corrected chi connectivity index (χ3v) is 2.86. The van der Waals surface area contributed by atoms with Crippen LogP contribution in [0.2, 0.25) is 0 Å². The summed E-state index contributed by atoms with van der Waals surface area (Å²) in [5, 5.41) is 0. The SMILES string of the molecule is COCOc1ccc(C(=O)COCc2ccccc2)cc1. The predicted octanol–water partition coefficient (Wildman–Crippen LogP) is 3.07. The molecule has 110 valence electrons. The molecular weight excluding hydrogens is 268 g/mol. The fourth-order valence-electron chi connectivity index (χ4n) is 1.78. The lowest BCUT2D eigenvalue weighted by molar-refractivity contribution is 0.0511. The molecule has 2 aromatic carbocycles. The first-order valence-corrected chi connectivity index (χ1v) is 6.66. The number of Topliss-reactive ketones (excluding diaryl/α,β-unsaturated/α-hetero) is 1. The zero-order valence-electron chi connectivity index (χ0n) is 12.0. The molecule has 0 heterocycles. The van der Waals surface area contributed by atoms with Crippen molar-refractivity contribution in [2.45, 2.75) is 6.61 Å². The van der Waals surface area contributed by atoms with Gasteiger partial charge in [-0.15, -0.1) is 0 Å². The number of rotatable bonds is 8. The van der Waals surface area contributed by atoms with Crippen molar-refractivity contribution in [1.29, 1.82) is 0 Å². The zero-order chi connectivity index (χ0) is 14.9. The second-order valence-corrected chi connectivity index (χ2v) is 4.48. The van der Waals surface area contributed by atoms with Crippen LogP contribution in [0.5, 0.6) is 5.75 Å². The van der Waals surface area contributed by atoms with Crippen molar-refractivity contribution >= 4 is 5.78 Å². The number of ether oxygens (including phenoxy) is 3. The Hall–Kier alpha value is -2.17. The van der Waals surface area contributed by atoms with Gasteiger partial charge in [0.05, 0.1) is 6.61 Å². The van der Waals surface area contributed by atoms with E-state index in [4.69, 9.17) is 14.2 Å². The maximum absolute atomic E-state index is 12.0. The molecule has 0 aromatic heterocycles. The molecule has 0 spiro atoms. The van der Waals surface area contributed by atoms with E-state index < -0.39 is 0 Å². The number of hydrogen-bond acceptors (Lipinski definition) is 4. The molecule has 0 N–H and O–H groups in total. The standard InChI is InChI=1S/C17H18O4/c1-19-13-21-16-9-7-15(8-10-16)17(18)12-20-11-14-5-3-2-4-6-14/h2-10H,11-13H2,1H3. The van der Waals surface area contributed by atoms with Crippen LogP contribution in [0.15, 0.2) is 54.6 Å². The van der Waals surface area contributed by atoms with Crippen molar-refractivity contribution in [3.63, 3.8) is 0 Å². The van der Waals surface area contributed by atoms with E-state index in [-0.39, 0.29) is 19.2 Å². The van der Waals surface area contributed by atoms with Crippen LogP contribution in [-0.4, -0.2) is 26.3 Å². The maximum atomic E-state index is 12.0. The van der Waals surface area contributed by atoms with Crippen molar-refractivity contribution in [3.05, 3.63) is 65.7 Å². The van der Waals surface area contributed by atoms with Crippen LogP contribution >= 0.6 is 0 Å². The lowest BCUT2D eigenvalue weighted by atomic mass is 10.1. The monoisotopic (exact) mass is 286 g/mol. The van der Waals surface area contributed by atoms with Crippen LogP contribution in [0.25, 0.3) is 0 Å². The summed E-state index contributed by atoms with van der Waals surface area (Å²) in [6.07, 6.45) is 0. The van der Waals surface area contributed by atoms with Crippen LogP contribution in [-0.2, 0) is 16.1 Å². The summed E-state index contributed by atoms with van der Waals surface area (Å²) in [6.45, 7) is 0.683. The summed E-state index contributed by atoms with van der Waals surface area (Å²) in [5.74, 6) is 0.614. The minimum atomic E-state index is -0.0516. The van der Waals surface area contributed by atoms with Gasteiger partial charge in [-0.1, -0.05) is 30.3 Å². The van der Waals surface area contributed by atoms with Crippen molar-refractivity contribution in [2.75, 3.05) is 20.5 Å². The summed E-state index contributed by atoms with van der Waals surface area (Å²) in [7, 11) is 1.56. The van der Waals surface area contributed by atoms with E-state index in [9.17, 15) is 4.79 Å². The quantitative estimate of drug-likeness (QED) is 0.552. The van der Waals surface area contributed by atoms with Crippen LogP contribution < -0.4 is 4.74 Å². The highest BCUT2D eigenvalue weighted by Gasteiger charge is 2.06. The van der Waals surface area contributed by atoms with Crippen LogP contribution in [0.3, 0.4) is 0 Å². The summed E-state index contributed by atoms with van der Waals surface area (Å²) >= 11 is 0. The highest BCUT2D eigenvalue weighted by atomic mass is 16.7. The topological polar surface area (TPSA) is 44.8 Å². The van der Waals surface area contributed by atoms with Crippen LogP contribution in [0.1, 0.15) is 15.9 Å². The Morgan fingerprint density at radius 1 is 1.00 bits per heavy atom. The normalized spacial score (nSPS) is 10.3. The summed E-state index contributed by atoms with van der Waals surface area (Å²) in [5.41, 5.74) is 1.65. The smallest absolute Gasteiger partial charge is 0.188 e. The molecule has 2 rings (SSSR count). The third kappa shape index (κ3) is 5.02. The van der Waals surface area contributed by atoms with E-state index in [2.05, 4.69) is 0 Å². The second-order valence-electron chi connectivity index (χ2n) is 4.48. The lowest BCUT2D eigenvalue weighted by Gasteiger charge is -2.06. The molecule has 0 amide bonds. The maximum Gasteiger partial charge on any atom is 0.188 e. The van der Waals surface area contributed by atoms with Gasteiger partial charge in [-0.25, -0.2) is 0 Å². The van der Waals surface area contributed by atoms with Gasteiger partial charge in [-0.05, 0) is 29.8 Å². The largest absolute Gasteiger partial charge is 0.468 e. The molecule has 2 aromatic rings. The fourth-order valence-corrected chi connectivity index (χ4v) is 1.78. The van der Waals surface area contributed by atoms with Crippen LogP contribution in [0.4, 0.5) is 0 Å². The van der Waals surface area contributed by atoms with Gasteiger partial charge in [-0.2, -0.15) is 0 Å². The van der Waals surface area contributed by atoms with Gasteiger partial charge in [0, 0.05) is 12.7 Å². The molecular formula is C17H18O4. The lowest BCUT2D eigenvalue weighted by Crippen LogP contribution is -2.09. The summed E-state index contributed by atoms with van der Waals surface area (Å²) in [4.78, 5) is 12.0. The fraction of sp³-hybridized carbons (Fsp3) is 0.235. The van der Waals surface area contributed by atoms with E-state index in [0.717, 1.165) is 5.56 Å². The number of carbonyl (C=O) groups excluding carboxylic acids is 1. The molecule has 0 unspecified atom stereocenters. The second kappa shape index (κ2) is 8.19. The van der Waals surface area contributed by atoms with Gasteiger partial charge in [0.1, 0.15) is 12.4 Å². The molecule has 0 saturated carbocycles. The number of methoxy groups -OCH3 is 1. The Labute approximate surface area is 124 Å². The van der Waals surface area contributed by atoms with E-state index in [0.29, 0.717) is 17.9 Å². The van der Waals surface area contributed by atoms with Crippen LogP contribution in [0, 0.1) is 0 Å². The summed E-state index contributed by atoms with van der Waals surface area (Å²) < 4.78 is 15.5. The van der Waals surface area contributed by atoms with Crippen molar-refractivity contribution in [3.8, 4) is 5.75 Å². The number of hydrogen-bond donors (Lipinski definition) is 0. The predicted molar refractivity (Wildman–Crippen MR) is 79.4 cm³/mol. The van der Waals surface area contributed by atoms with E-state index >= 15 is 0 Å². The molecule has 0 saturated heterocycles. The Morgan fingerprint density at radius 2 is 1.71 bits per heavy atom. The highest BCUT2D eigenvalue weighted by Crippen LogP contribution is 2.13.